The monoisotopic (exact) mass is 901 g/mol. The normalized spacial score (nSPS) is 12.2. The molecule has 0 amide bonds. The number of esters is 2. The minimum atomic E-state index is -0.532. The van der Waals surface area contributed by atoms with Gasteiger partial charge in [-0.15, -0.1) is 0 Å². The fourth-order valence-electron chi connectivity index (χ4n) is 8.62. The lowest BCUT2D eigenvalue weighted by Gasteiger charge is -2.18. The molecule has 1 atom stereocenters. The van der Waals surface area contributed by atoms with Crippen molar-refractivity contribution in [1.82, 2.24) is 0 Å². The van der Waals surface area contributed by atoms with Crippen LogP contribution in [0.1, 0.15) is 316 Å². The number of carbonyl (C=O) groups is 2. The van der Waals surface area contributed by atoms with E-state index in [0.717, 1.165) is 32.1 Å². The van der Waals surface area contributed by atoms with E-state index in [-0.39, 0.29) is 18.5 Å². The fourth-order valence-corrected chi connectivity index (χ4v) is 8.62. The molecule has 5 heteroatoms. The molecule has 0 N–H and O–H groups in total. The van der Waals surface area contributed by atoms with Crippen LogP contribution in [0, 0.1) is 0 Å². The molecule has 64 heavy (non-hydrogen) atoms. The van der Waals surface area contributed by atoms with Crippen molar-refractivity contribution in [3.63, 3.8) is 0 Å². The maximum absolute atomic E-state index is 12.8. The van der Waals surface area contributed by atoms with Crippen molar-refractivity contribution in [1.29, 1.82) is 0 Å². The predicted molar refractivity (Wildman–Crippen MR) is 279 cm³/mol. The Labute approximate surface area is 400 Å². The molecule has 378 valence electrons. The molecule has 0 aliphatic carbocycles. The number of hydrogen-bond acceptors (Lipinski definition) is 5. The number of rotatable bonds is 54. The van der Waals surface area contributed by atoms with Gasteiger partial charge in [0.1, 0.15) is 6.61 Å². The SMILES string of the molecule is CCCCCCCC/C=C\CCCCCCCCCCCCOCC(COC(=O)CCCCCCCCC/C=C\CCCCCCCC)OC(=O)CCCCCCCCCCCCC. The summed E-state index contributed by atoms with van der Waals surface area (Å²) in [5, 5.41) is 0. The molecule has 0 radical (unpaired) electrons. The summed E-state index contributed by atoms with van der Waals surface area (Å²) < 4.78 is 17.5. The maximum atomic E-state index is 12.8. The van der Waals surface area contributed by atoms with Gasteiger partial charge in [0.2, 0.25) is 0 Å². The summed E-state index contributed by atoms with van der Waals surface area (Å²) in [6, 6.07) is 0. The number of ether oxygens (including phenoxy) is 3. The zero-order valence-corrected chi connectivity index (χ0v) is 43.6. The van der Waals surface area contributed by atoms with Crippen molar-refractivity contribution in [3.8, 4) is 0 Å². The van der Waals surface area contributed by atoms with E-state index in [9.17, 15) is 9.59 Å². The van der Waals surface area contributed by atoms with Crippen molar-refractivity contribution >= 4 is 11.9 Å². The Morgan fingerprint density at radius 3 is 0.953 bits per heavy atom. The van der Waals surface area contributed by atoms with Crippen LogP contribution in [0.4, 0.5) is 0 Å². The molecule has 0 aromatic heterocycles. The van der Waals surface area contributed by atoms with Crippen LogP contribution in [0.25, 0.3) is 0 Å². The minimum Gasteiger partial charge on any atom is -0.462 e. The summed E-state index contributed by atoms with van der Waals surface area (Å²) in [5.41, 5.74) is 0. The highest BCUT2D eigenvalue weighted by Crippen LogP contribution is 2.16. The Morgan fingerprint density at radius 1 is 0.328 bits per heavy atom. The van der Waals surface area contributed by atoms with Crippen molar-refractivity contribution in [2.45, 2.75) is 322 Å². The Balaban J connectivity index is 4.16. The first kappa shape index (κ1) is 62.4. The zero-order valence-electron chi connectivity index (χ0n) is 43.6. The highest BCUT2D eigenvalue weighted by Gasteiger charge is 2.17. The van der Waals surface area contributed by atoms with Crippen LogP contribution >= 0.6 is 0 Å². The standard InChI is InChI=1S/C59H112O5/c1-4-7-10-13-16-19-22-24-26-28-29-30-32-34-36-39-42-45-48-51-54-62-55-57(64-59(61)53-50-47-44-41-37-21-18-15-12-9-6-3)56-63-58(60)52-49-46-43-40-38-35-33-31-27-25-23-20-17-14-11-8-5-2/h24-27,57H,4-23,28-56H2,1-3H3/b26-24-,27-25-. The van der Waals surface area contributed by atoms with Crippen molar-refractivity contribution in [2.75, 3.05) is 19.8 Å². The molecule has 0 aliphatic rings. The molecule has 0 saturated carbocycles. The van der Waals surface area contributed by atoms with E-state index in [1.54, 1.807) is 0 Å². The van der Waals surface area contributed by atoms with E-state index < -0.39 is 6.10 Å². The first-order valence-corrected chi connectivity index (χ1v) is 28.9. The highest BCUT2D eigenvalue weighted by molar-refractivity contribution is 5.70. The second kappa shape index (κ2) is 55.7. The number of allylic oxidation sites excluding steroid dienone is 4. The molecule has 5 nitrogen and oxygen atoms in total. The summed E-state index contributed by atoms with van der Waals surface area (Å²) >= 11 is 0. The average Bonchev–Trinajstić information content (AvgIpc) is 3.30. The lowest BCUT2D eigenvalue weighted by molar-refractivity contribution is -0.163. The number of carbonyl (C=O) groups excluding carboxylic acids is 2. The quantitative estimate of drug-likeness (QED) is 0.0346. The second-order valence-electron chi connectivity index (χ2n) is 19.5. The third-order valence-corrected chi connectivity index (χ3v) is 13.0. The average molecular weight is 902 g/mol. The van der Waals surface area contributed by atoms with Gasteiger partial charge >= 0.3 is 11.9 Å². The molecule has 0 aromatic carbocycles. The maximum Gasteiger partial charge on any atom is 0.306 e. The van der Waals surface area contributed by atoms with Gasteiger partial charge in [-0.25, -0.2) is 0 Å². The van der Waals surface area contributed by atoms with Gasteiger partial charge in [0.05, 0.1) is 6.61 Å². The number of hydrogen-bond donors (Lipinski definition) is 0. The van der Waals surface area contributed by atoms with Gasteiger partial charge in [-0.1, -0.05) is 257 Å². The Hall–Kier alpha value is -1.62. The molecule has 0 aromatic rings. The molecule has 0 bridgehead atoms. The van der Waals surface area contributed by atoms with E-state index in [1.165, 1.54) is 250 Å². The van der Waals surface area contributed by atoms with Crippen LogP contribution in [0.2, 0.25) is 0 Å². The summed E-state index contributed by atoms with van der Waals surface area (Å²) in [6.45, 7) is 7.87. The summed E-state index contributed by atoms with van der Waals surface area (Å²) in [7, 11) is 0. The van der Waals surface area contributed by atoms with E-state index in [4.69, 9.17) is 14.2 Å². The van der Waals surface area contributed by atoms with E-state index in [2.05, 4.69) is 45.1 Å². The second-order valence-corrected chi connectivity index (χ2v) is 19.5. The lowest BCUT2D eigenvalue weighted by Crippen LogP contribution is -2.30. The smallest absolute Gasteiger partial charge is 0.306 e. The van der Waals surface area contributed by atoms with Gasteiger partial charge in [0.25, 0.3) is 0 Å². The summed E-state index contributed by atoms with van der Waals surface area (Å²) in [6.07, 6.45) is 66.3. The first-order chi connectivity index (χ1) is 31.6. The van der Waals surface area contributed by atoms with Crippen LogP contribution in [0.3, 0.4) is 0 Å². The minimum absolute atomic E-state index is 0.0895. The van der Waals surface area contributed by atoms with Crippen LogP contribution < -0.4 is 0 Å². The molecule has 0 saturated heterocycles. The zero-order chi connectivity index (χ0) is 46.3. The molecule has 0 heterocycles. The van der Waals surface area contributed by atoms with Gasteiger partial charge in [0, 0.05) is 19.4 Å². The van der Waals surface area contributed by atoms with Crippen molar-refractivity contribution in [3.05, 3.63) is 24.3 Å². The van der Waals surface area contributed by atoms with Gasteiger partial charge in [-0.05, 0) is 70.6 Å². The Morgan fingerprint density at radius 2 is 0.609 bits per heavy atom. The van der Waals surface area contributed by atoms with Gasteiger partial charge in [-0.3, -0.25) is 9.59 Å². The highest BCUT2D eigenvalue weighted by atomic mass is 16.6. The third kappa shape index (κ3) is 53.0. The predicted octanol–water partition coefficient (Wildman–Crippen LogP) is 19.6. The van der Waals surface area contributed by atoms with E-state index >= 15 is 0 Å². The fraction of sp³-hybridized carbons (Fsp3) is 0.898. The largest absolute Gasteiger partial charge is 0.462 e. The third-order valence-electron chi connectivity index (χ3n) is 13.0. The van der Waals surface area contributed by atoms with E-state index in [0.29, 0.717) is 26.1 Å². The molecular weight excluding hydrogens is 789 g/mol. The molecule has 0 aliphatic heterocycles. The van der Waals surface area contributed by atoms with Crippen molar-refractivity contribution in [2.24, 2.45) is 0 Å². The van der Waals surface area contributed by atoms with Crippen molar-refractivity contribution < 1.29 is 23.8 Å². The molecule has 0 fully saturated rings. The topological polar surface area (TPSA) is 61.8 Å². The number of unbranched alkanes of at least 4 members (excludes halogenated alkanes) is 39. The Kier molecular flexibility index (Phi) is 54.3. The van der Waals surface area contributed by atoms with Gasteiger partial charge in [0.15, 0.2) is 6.10 Å². The summed E-state index contributed by atoms with van der Waals surface area (Å²) in [4.78, 5) is 25.4. The van der Waals surface area contributed by atoms with Gasteiger partial charge in [-0.2, -0.15) is 0 Å². The Bertz CT molecular complexity index is 974. The first-order valence-electron chi connectivity index (χ1n) is 28.9. The van der Waals surface area contributed by atoms with Crippen LogP contribution in [-0.2, 0) is 23.8 Å². The van der Waals surface area contributed by atoms with Crippen LogP contribution in [0.5, 0.6) is 0 Å². The molecule has 1 unspecified atom stereocenters. The molecule has 0 spiro atoms. The van der Waals surface area contributed by atoms with Crippen LogP contribution in [-0.4, -0.2) is 37.9 Å². The summed E-state index contributed by atoms with van der Waals surface area (Å²) in [5.74, 6) is -0.384. The lowest BCUT2D eigenvalue weighted by atomic mass is 10.1. The van der Waals surface area contributed by atoms with Crippen LogP contribution in [0.15, 0.2) is 24.3 Å². The van der Waals surface area contributed by atoms with E-state index in [1.807, 2.05) is 0 Å². The molecule has 0 rings (SSSR count). The molecular formula is C59H112O5. The van der Waals surface area contributed by atoms with Gasteiger partial charge < -0.3 is 14.2 Å².